The van der Waals surface area contributed by atoms with E-state index in [-0.39, 0.29) is 24.1 Å². The topological polar surface area (TPSA) is 69.6 Å². The molecule has 2 fully saturated rings. The average Bonchev–Trinajstić information content (AvgIpc) is 3.09. The van der Waals surface area contributed by atoms with Gasteiger partial charge in [-0.2, -0.15) is 0 Å². The lowest BCUT2D eigenvalue weighted by Gasteiger charge is -2.31. The molecule has 2 saturated heterocycles. The van der Waals surface area contributed by atoms with Crippen molar-refractivity contribution in [1.82, 2.24) is 14.9 Å². The summed E-state index contributed by atoms with van der Waals surface area (Å²) < 4.78 is 0. The number of hydrogen-bond acceptors (Lipinski definition) is 5. The van der Waals surface area contributed by atoms with Crippen LogP contribution in [0.25, 0.3) is 0 Å². The number of hydrogen-bond donors (Lipinski definition) is 1. The Balaban J connectivity index is 1.80. The standard InChI is InChI=1S/C15H21ClN4O2/c16-12-8-17-15(19-5-1-2-6-19)18-13(12)14(22)20-7-3-4-11(9-20)10-21/h8,11,21H,1-7,9-10H2. The van der Waals surface area contributed by atoms with Crippen LogP contribution in [0.5, 0.6) is 0 Å². The largest absolute Gasteiger partial charge is 0.396 e. The lowest BCUT2D eigenvalue weighted by molar-refractivity contribution is 0.0615. The van der Waals surface area contributed by atoms with Crippen LogP contribution in [-0.4, -0.2) is 58.7 Å². The number of rotatable bonds is 3. The van der Waals surface area contributed by atoms with Gasteiger partial charge in [-0.25, -0.2) is 9.97 Å². The lowest BCUT2D eigenvalue weighted by Crippen LogP contribution is -2.41. The summed E-state index contributed by atoms with van der Waals surface area (Å²) in [6.07, 6.45) is 5.62. The highest BCUT2D eigenvalue weighted by Gasteiger charge is 2.27. The van der Waals surface area contributed by atoms with E-state index in [0.717, 1.165) is 38.8 Å². The van der Waals surface area contributed by atoms with Gasteiger partial charge in [-0.05, 0) is 31.6 Å². The summed E-state index contributed by atoms with van der Waals surface area (Å²) in [5.41, 5.74) is 0.275. The molecule has 7 heteroatoms. The first-order valence-corrected chi connectivity index (χ1v) is 8.24. The van der Waals surface area contributed by atoms with Gasteiger partial charge in [0.05, 0.1) is 11.2 Å². The number of halogens is 1. The van der Waals surface area contributed by atoms with Crippen molar-refractivity contribution in [1.29, 1.82) is 0 Å². The fraction of sp³-hybridized carbons (Fsp3) is 0.667. The highest BCUT2D eigenvalue weighted by molar-refractivity contribution is 6.33. The number of nitrogens with zero attached hydrogens (tertiary/aromatic N) is 4. The number of aliphatic hydroxyl groups is 1. The third-order valence-corrected chi connectivity index (χ3v) is 4.66. The highest BCUT2D eigenvalue weighted by atomic mass is 35.5. The Kier molecular flexibility index (Phi) is 4.78. The zero-order valence-electron chi connectivity index (χ0n) is 12.5. The molecular formula is C15H21ClN4O2. The Morgan fingerprint density at radius 3 is 2.82 bits per heavy atom. The second-order valence-electron chi connectivity index (χ2n) is 6.00. The molecule has 22 heavy (non-hydrogen) atoms. The maximum Gasteiger partial charge on any atom is 0.274 e. The number of carbonyl (C=O) groups excluding carboxylic acids is 1. The van der Waals surface area contributed by atoms with Crippen LogP contribution in [0, 0.1) is 5.92 Å². The molecule has 2 aliphatic rings. The molecule has 0 bridgehead atoms. The number of anilines is 1. The Bertz CT molecular complexity index is 548. The minimum atomic E-state index is -0.161. The van der Waals surface area contributed by atoms with E-state index in [4.69, 9.17) is 11.6 Å². The van der Waals surface area contributed by atoms with Crippen molar-refractivity contribution in [3.05, 3.63) is 16.9 Å². The van der Waals surface area contributed by atoms with Gasteiger partial charge in [0.2, 0.25) is 5.95 Å². The van der Waals surface area contributed by atoms with E-state index < -0.39 is 0 Å². The zero-order chi connectivity index (χ0) is 15.5. The van der Waals surface area contributed by atoms with E-state index >= 15 is 0 Å². The van der Waals surface area contributed by atoms with Crippen LogP contribution in [-0.2, 0) is 0 Å². The Morgan fingerprint density at radius 1 is 1.32 bits per heavy atom. The van der Waals surface area contributed by atoms with E-state index in [1.807, 2.05) is 0 Å². The summed E-state index contributed by atoms with van der Waals surface area (Å²) >= 11 is 6.15. The van der Waals surface area contributed by atoms with Crippen LogP contribution < -0.4 is 4.90 Å². The fourth-order valence-corrected chi connectivity index (χ4v) is 3.30. The van der Waals surface area contributed by atoms with E-state index in [1.54, 1.807) is 4.90 Å². The van der Waals surface area contributed by atoms with Crippen molar-refractivity contribution in [2.45, 2.75) is 25.7 Å². The number of piperidine rings is 1. The SMILES string of the molecule is O=C(c1nc(N2CCCC2)ncc1Cl)N1CCCC(CO)C1. The van der Waals surface area contributed by atoms with Crippen molar-refractivity contribution in [2.24, 2.45) is 5.92 Å². The predicted molar refractivity (Wildman–Crippen MR) is 84.2 cm³/mol. The molecule has 1 unspecified atom stereocenters. The maximum absolute atomic E-state index is 12.7. The second kappa shape index (κ2) is 6.79. The van der Waals surface area contributed by atoms with Gasteiger partial charge in [-0.1, -0.05) is 11.6 Å². The van der Waals surface area contributed by atoms with Crippen molar-refractivity contribution in [3.63, 3.8) is 0 Å². The predicted octanol–water partition coefficient (Wildman–Crippen LogP) is 1.57. The summed E-state index contributed by atoms with van der Waals surface area (Å²) in [5, 5.41) is 9.60. The molecule has 1 aromatic heterocycles. The number of aliphatic hydroxyl groups excluding tert-OH is 1. The zero-order valence-corrected chi connectivity index (χ0v) is 13.3. The normalized spacial score (nSPS) is 22.2. The summed E-state index contributed by atoms with van der Waals surface area (Å²) in [6, 6.07) is 0. The molecule has 3 rings (SSSR count). The molecule has 3 heterocycles. The van der Waals surface area contributed by atoms with Crippen molar-refractivity contribution >= 4 is 23.5 Å². The molecule has 6 nitrogen and oxygen atoms in total. The monoisotopic (exact) mass is 324 g/mol. The van der Waals surface area contributed by atoms with Gasteiger partial charge in [0, 0.05) is 32.8 Å². The molecule has 0 saturated carbocycles. The Labute approximate surface area is 135 Å². The molecule has 0 spiro atoms. The van der Waals surface area contributed by atoms with E-state index in [0.29, 0.717) is 24.1 Å². The molecule has 0 aromatic carbocycles. The highest BCUT2D eigenvalue weighted by Crippen LogP contribution is 2.23. The molecule has 120 valence electrons. The number of aromatic nitrogens is 2. The third-order valence-electron chi connectivity index (χ3n) is 4.39. The summed E-state index contributed by atoms with van der Waals surface area (Å²) in [7, 11) is 0. The second-order valence-corrected chi connectivity index (χ2v) is 6.41. The number of amides is 1. The Morgan fingerprint density at radius 2 is 2.09 bits per heavy atom. The molecule has 1 atom stereocenters. The first-order chi connectivity index (χ1) is 10.7. The van der Waals surface area contributed by atoms with Gasteiger partial charge in [-0.15, -0.1) is 0 Å². The van der Waals surface area contributed by atoms with E-state index in [1.165, 1.54) is 6.20 Å². The summed E-state index contributed by atoms with van der Waals surface area (Å²) in [5.74, 6) is 0.573. The number of carbonyl (C=O) groups is 1. The minimum absolute atomic E-state index is 0.111. The molecule has 1 N–H and O–H groups in total. The van der Waals surface area contributed by atoms with Crippen LogP contribution in [0.15, 0.2) is 6.20 Å². The fourth-order valence-electron chi connectivity index (χ4n) is 3.13. The lowest BCUT2D eigenvalue weighted by atomic mass is 9.99. The van der Waals surface area contributed by atoms with Gasteiger partial charge < -0.3 is 14.9 Å². The summed E-state index contributed by atoms with van der Waals surface area (Å²) in [4.78, 5) is 25.2. The van der Waals surface area contributed by atoms with Gasteiger partial charge in [0.25, 0.3) is 5.91 Å². The molecule has 0 radical (unpaired) electrons. The molecule has 1 amide bonds. The van der Waals surface area contributed by atoms with Gasteiger partial charge in [0.1, 0.15) is 0 Å². The minimum Gasteiger partial charge on any atom is -0.396 e. The average molecular weight is 325 g/mol. The Hall–Kier alpha value is -1.40. The van der Waals surface area contributed by atoms with Gasteiger partial charge in [0.15, 0.2) is 5.69 Å². The van der Waals surface area contributed by atoms with Crippen molar-refractivity contribution in [3.8, 4) is 0 Å². The molecule has 0 aliphatic carbocycles. The van der Waals surface area contributed by atoms with Crippen molar-refractivity contribution < 1.29 is 9.90 Å². The smallest absolute Gasteiger partial charge is 0.274 e. The maximum atomic E-state index is 12.7. The summed E-state index contributed by atoms with van der Waals surface area (Å²) in [6.45, 7) is 3.21. The molecule has 1 aromatic rings. The van der Waals surface area contributed by atoms with E-state index in [2.05, 4.69) is 14.9 Å². The van der Waals surface area contributed by atoms with Crippen LogP contribution in [0.4, 0.5) is 5.95 Å². The van der Waals surface area contributed by atoms with E-state index in [9.17, 15) is 9.90 Å². The van der Waals surface area contributed by atoms with Crippen LogP contribution in [0.3, 0.4) is 0 Å². The van der Waals surface area contributed by atoms with Crippen LogP contribution in [0.2, 0.25) is 5.02 Å². The first kappa shape index (κ1) is 15.5. The van der Waals surface area contributed by atoms with Gasteiger partial charge in [-0.3, -0.25) is 4.79 Å². The third kappa shape index (κ3) is 3.17. The first-order valence-electron chi connectivity index (χ1n) is 7.86. The van der Waals surface area contributed by atoms with Crippen LogP contribution in [0.1, 0.15) is 36.2 Å². The van der Waals surface area contributed by atoms with Crippen LogP contribution >= 0.6 is 11.6 Å². The molecule has 2 aliphatic heterocycles. The van der Waals surface area contributed by atoms with Gasteiger partial charge >= 0.3 is 0 Å². The molecular weight excluding hydrogens is 304 g/mol. The van der Waals surface area contributed by atoms with Crippen molar-refractivity contribution in [2.75, 3.05) is 37.7 Å². The number of likely N-dealkylation sites (tertiary alicyclic amines) is 1. The quantitative estimate of drug-likeness (QED) is 0.914.